The Morgan fingerprint density at radius 3 is 2.62 bits per heavy atom. The Morgan fingerprint density at radius 1 is 1.56 bits per heavy atom. The monoisotopic (exact) mass is 260 g/mol. The highest BCUT2D eigenvalue weighted by molar-refractivity contribution is 7.89. The lowest BCUT2D eigenvalue weighted by Crippen LogP contribution is -2.13. The molecule has 1 atom stereocenters. The topological polar surface area (TPSA) is 93.2 Å². The zero-order valence-corrected chi connectivity index (χ0v) is 9.92. The standard InChI is InChI=1S/C9H9ClN2O3S/c1-6(5-11)15-9-3-2-7(4-8(9)10)16(12,13)14/h2-4,6H,1H3,(H2,12,13,14). The van der Waals surface area contributed by atoms with Crippen molar-refractivity contribution < 1.29 is 13.2 Å². The van der Waals surface area contributed by atoms with E-state index < -0.39 is 16.1 Å². The Morgan fingerprint density at radius 2 is 2.19 bits per heavy atom. The zero-order valence-electron chi connectivity index (χ0n) is 8.34. The number of rotatable bonds is 3. The first-order valence-electron chi connectivity index (χ1n) is 4.23. The van der Waals surface area contributed by atoms with Crippen molar-refractivity contribution in [3.63, 3.8) is 0 Å². The molecule has 0 aromatic heterocycles. The molecule has 1 aromatic carbocycles. The van der Waals surface area contributed by atoms with Crippen LogP contribution >= 0.6 is 11.6 Å². The van der Waals surface area contributed by atoms with Crippen molar-refractivity contribution in [2.75, 3.05) is 0 Å². The summed E-state index contributed by atoms with van der Waals surface area (Å²) >= 11 is 5.78. The number of nitriles is 1. The van der Waals surface area contributed by atoms with Crippen LogP contribution in [0.3, 0.4) is 0 Å². The molecule has 0 bridgehead atoms. The predicted octanol–water partition coefficient (Wildman–Crippen LogP) is 1.28. The van der Waals surface area contributed by atoms with Crippen LogP contribution in [0.2, 0.25) is 5.02 Å². The van der Waals surface area contributed by atoms with Crippen molar-refractivity contribution in [2.24, 2.45) is 5.14 Å². The van der Waals surface area contributed by atoms with Crippen LogP contribution in [0.15, 0.2) is 23.1 Å². The quantitative estimate of drug-likeness (QED) is 0.886. The maximum atomic E-state index is 11.0. The Kier molecular flexibility index (Phi) is 3.75. The normalized spacial score (nSPS) is 12.9. The molecule has 16 heavy (non-hydrogen) atoms. The lowest BCUT2D eigenvalue weighted by Gasteiger charge is -2.09. The van der Waals surface area contributed by atoms with Gasteiger partial charge in [-0.05, 0) is 25.1 Å². The van der Waals surface area contributed by atoms with E-state index in [9.17, 15) is 8.42 Å². The van der Waals surface area contributed by atoms with Crippen LogP contribution in [0.4, 0.5) is 0 Å². The minimum atomic E-state index is -3.78. The van der Waals surface area contributed by atoms with Gasteiger partial charge in [-0.3, -0.25) is 0 Å². The van der Waals surface area contributed by atoms with Crippen LogP contribution in [0.25, 0.3) is 0 Å². The van der Waals surface area contributed by atoms with Crippen LogP contribution in [0.5, 0.6) is 5.75 Å². The van der Waals surface area contributed by atoms with Crippen molar-refractivity contribution in [1.82, 2.24) is 0 Å². The summed E-state index contributed by atoms with van der Waals surface area (Å²) in [4.78, 5) is -0.102. The van der Waals surface area contributed by atoms with Crippen molar-refractivity contribution >= 4 is 21.6 Å². The first kappa shape index (κ1) is 12.8. The second-order valence-electron chi connectivity index (χ2n) is 3.03. The second-order valence-corrected chi connectivity index (χ2v) is 5.00. The van der Waals surface area contributed by atoms with Gasteiger partial charge in [-0.1, -0.05) is 11.6 Å². The largest absolute Gasteiger partial charge is 0.474 e. The smallest absolute Gasteiger partial charge is 0.238 e. The van der Waals surface area contributed by atoms with Crippen molar-refractivity contribution in [3.05, 3.63) is 23.2 Å². The molecular formula is C9H9ClN2O3S. The summed E-state index contributed by atoms with van der Waals surface area (Å²) < 4.78 is 27.1. The molecule has 0 aliphatic carbocycles. The Balaban J connectivity index is 3.07. The van der Waals surface area contributed by atoms with Crippen molar-refractivity contribution in [3.8, 4) is 11.8 Å². The van der Waals surface area contributed by atoms with E-state index in [1.807, 2.05) is 6.07 Å². The minimum absolute atomic E-state index is 0.0913. The molecular weight excluding hydrogens is 252 g/mol. The minimum Gasteiger partial charge on any atom is -0.474 e. The van der Waals surface area contributed by atoms with Gasteiger partial charge in [0.2, 0.25) is 10.0 Å². The van der Waals surface area contributed by atoms with E-state index in [4.69, 9.17) is 26.7 Å². The molecule has 0 spiro atoms. The first-order chi connectivity index (χ1) is 7.34. The summed E-state index contributed by atoms with van der Waals surface area (Å²) in [5.41, 5.74) is 0. The molecule has 0 radical (unpaired) electrons. The van der Waals surface area contributed by atoms with E-state index >= 15 is 0 Å². The van der Waals surface area contributed by atoms with Crippen LogP contribution in [0.1, 0.15) is 6.92 Å². The number of nitrogens with zero attached hydrogens (tertiary/aromatic N) is 1. The predicted molar refractivity (Wildman–Crippen MR) is 58.5 cm³/mol. The molecule has 1 rings (SSSR count). The van der Waals surface area contributed by atoms with Crippen molar-refractivity contribution in [2.45, 2.75) is 17.9 Å². The van der Waals surface area contributed by atoms with Gasteiger partial charge in [0.25, 0.3) is 0 Å². The summed E-state index contributed by atoms with van der Waals surface area (Å²) in [6, 6.07) is 5.66. The van der Waals surface area contributed by atoms with Gasteiger partial charge >= 0.3 is 0 Å². The summed E-state index contributed by atoms with van der Waals surface area (Å²) in [6.07, 6.45) is -0.669. The fourth-order valence-electron chi connectivity index (χ4n) is 0.971. The lowest BCUT2D eigenvalue weighted by molar-refractivity contribution is 0.276. The molecule has 0 amide bonds. The number of halogens is 1. The van der Waals surface area contributed by atoms with Gasteiger partial charge < -0.3 is 4.74 Å². The third-order valence-corrected chi connectivity index (χ3v) is 2.92. The number of ether oxygens (including phenoxy) is 1. The van der Waals surface area contributed by atoms with Crippen LogP contribution in [-0.2, 0) is 10.0 Å². The number of hydrogen-bond donors (Lipinski definition) is 1. The van der Waals surface area contributed by atoms with Crippen molar-refractivity contribution in [1.29, 1.82) is 5.26 Å². The summed E-state index contributed by atoms with van der Waals surface area (Å²) in [5.74, 6) is 0.239. The van der Waals surface area contributed by atoms with E-state index in [0.717, 1.165) is 0 Å². The average Bonchev–Trinajstić information content (AvgIpc) is 2.19. The molecule has 0 saturated carbocycles. The molecule has 7 heteroatoms. The number of hydrogen-bond acceptors (Lipinski definition) is 4. The highest BCUT2D eigenvalue weighted by atomic mass is 35.5. The SMILES string of the molecule is CC(C#N)Oc1ccc(S(N)(=O)=O)cc1Cl. The van der Waals surface area contributed by atoms with Crippen LogP contribution < -0.4 is 9.88 Å². The van der Waals surface area contributed by atoms with Gasteiger partial charge in [0.05, 0.1) is 9.92 Å². The highest BCUT2D eigenvalue weighted by Crippen LogP contribution is 2.27. The van der Waals surface area contributed by atoms with E-state index in [1.54, 1.807) is 6.92 Å². The van der Waals surface area contributed by atoms with Gasteiger partial charge in [0.1, 0.15) is 11.8 Å². The molecule has 0 saturated heterocycles. The zero-order chi connectivity index (χ0) is 12.3. The molecule has 0 fully saturated rings. The summed E-state index contributed by atoms with van der Waals surface area (Å²) in [6.45, 7) is 1.55. The lowest BCUT2D eigenvalue weighted by atomic mass is 10.3. The molecule has 0 heterocycles. The van der Waals surface area contributed by atoms with E-state index in [0.29, 0.717) is 0 Å². The van der Waals surface area contributed by atoms with Gasteiger partial charge in [-0.2, -0.15) is 5.26 Å². The first-order valence-corrected chi connectivity index (χ1v) is 6.15. The highest BCUT2D eigenvalue weighted by Gasteiger charge is 2.12. The fraction of sp³-hybridized carbons (Fsp3) is 0.222. The number of primary sulfonamides is 1. The number of benzene rings is 1. The number of sulfonamides is 1. The Hall–Kier alpha value is -1.29. The second kappa shape index (κ2) is 4.70. The Labute approximate surface area is 98.4 Å². The Bertz CT molecular complexity index is 536. The van der Waals surface area contributed by atoms with E-state index in [1.165, 1.54) is 18.2 Å². The van der Waals surface area contributed by atoms with Gasteiger partial charge in [0.15, 0.2) is 6.10 Å². The fourth-order valence-corrected chi connectivity index (χ4v) is 1.80. The number of nitrogens with two attached hydrogens (primary N) is 1. The molecule has 1 aromatic rings. The molecule has 1 unspecified atom stereocenters. The third-order valence-electron chi connectivity index (χ3n) is 1.72. The molecule has 86 valence electrons. The average molecular weight is 261 g/mol. The molecule has 2 N–H and O–H groups in total. The molecule has 0 aliphatic heterocycles. The maximum absolute atomic E-state index is 11.0. The molecule has 0 aliphatic rings. The van der Waals surface area contributed by atoms with Gasteiger partial charge in [0, 0.05) is 0 Å². The summed E-state index contributed by atoms with van der Waals surface area (Å²) in [5, 5.41) is 13.6. The third kappa shape index (κ3) is 3.10. The maximum Gasteiger partial charge on any atom is 0.238 e. The van der Waals surface area contributed by atoms with Gasteiger partial charge in [-0.25, -0.2) is 13.6 Å². The van der Waals surface area contributed by atoms with Crippen LogP contribution in [-0.4, -0.2) is 14.5 Å². The van der Waals surface area contributed by atoms with Crippen LogP contribution in [0, 0.1) is 11.3 Å². The van der Waals surface area contributed by atoms with Gasteiger partial charge in [-0.15, -0.1) is 0 Å². The molecule has 5 nitrogen and oxygen atoms in total. The summed E-state index contributed by atoms with van der Waals surface area (Å²) in [7, 11) is -3.78. The van der Waals surface area contributed by atoms with E-state index in [2.05, 4.69) is 0 Å². The van der Waals surface area contributed by atoms with E-state index in [-0.39, 0.29) is 15.7 Å².